The smallest absolute Gasteiger partial charge is 0.310 e. The monoisotopic (exact) mass is 304 g/mol. The third-order valence-electron chi connectivity index (χ3n) is 3.68. The third kappa shape index (κ3) is 2.56. The number of hydrogen-bond donors (Lipinski definition) is 1. The first kappa shape index (κ1) is 13.8. The molecule has 0 aliphatic carbocycles. The lowest BCUT2D eigenvalue weighted by Gasteiger charge is -2.17. The van der Waals surface area contributed by atoms with E-state index in [1.165, 1.54) is 18.6 Å². The van der Waals surface area contributed by atoms with Crippen LogP contribution in [0.25, 0.3) is 11.1 Å². The van der Waals surface area contributed by atoms with E-state index in [2.05, 4.69) is 14.3 Å². The maximum absolute atomic E-state index is 11.7. The standard InChI is InChI=1S/C14H16N4O2S/c1-20-14(19)10-4-7-18(8-10)13-11(12(15)17-21-13)9-2-5-16-6-3-9/h2-3,5-6,10H,4,7-8H2,1H3,(H2,15,17). The summed E-state index contributed by atoms with van der Waals surface area (Å²) in [6, 6.07) is 3.83. The summed E-state index contributed by atoms with van der Waals surface area (Å²) >= 11 is 1.37. The molecule has 0 saturated carbocycles. The zero-order valence-electron chi connectivity index (χ0n) is 11.7. The number of nitrogens with two attached hydrogens (primary N) is 1. The molecule has 7 heteroatoms. The van der Waals surface area contributed by atoms with Crippen molar-refractivity contribution in [1.29, 1.82) is 0 Å². The largest absolute Gasteiger partial charge is 0.469 e. The number of hydrogen-bond acceptors (Lipinski definition) is 7. The predicted molar refractivity (Wildman–Crippen MR) is 82.1 cm³/mol. The van der Waals surface area contributed by atoms with Gasteiger partial charge in [-0.25, -0.2) is 0 Å². The second-order valence-electron chi connectivity index (χ2n) is 4.94. The van der Waals surface area contributed by atoms with Crippen molar-refractivity contribution in [2.45, 2.75) is 6.42 Å². The van der Waals surface area contributed by atoms with Crippen LogP contribution in [0.2, 0.25) is 0 Å². The van der Waals surface area contributed by atoms with Gasteiger partial charge in [-0.05, 0) is 35.6 Å². The summed E-state index contributed by atoms with van der Waals surface area (Å²) in [6.45, 7) is 1.45. The second-order valence-corrected chi connectivity index (χ2v) is 5.69. The Balaban J connectivity index is 1.90. The fourth-order valence-electron chi connectivity index (χ4n) is 2.60. The Morgan fingerprint density at radius 1 is 1.48 bits per heavy atom. The van der Waals surface area contributed by atoms with Crippen molar-refractivity contribution in [1.82, 2.24) is 9.36 Å². The van der Waals surface area contributed by atoms with E-state index in [0.29, 0.717) is 12.4 Å². The summed E-state index contributed by atoms with van der Waals surface area (Å²) in [5.41, 5.74) is 7.94. The van der Waals surface area contributed by atoms with Gasteiger partial charge in [-0.15, -0.1) is 0 Å². The van der Waals surface area contributed by atoms with Gasteiger partial charge in [-0.3, -0.25) is 9.78 Å². The van der Waals surface area contributed by atoms with E-state index in [4.69, 9.17) is 10.5 Å². The molecule has 1 aliphatic heterocycles. The molecule has 3 heterocycles. The highest BCUT2D eigenvalue weighted by Crippen LogP contribution is 2.41. The normalized spacial score (nSPS) is 18.0. The molecule has 6 nitrogen and oxygen atoms in total. The molecule has 0 radical (unpaired) electrons. The number of ether oxygens (including phenoxy) is 1. The fraction of sp³-hybridized carbons (Fsp3) is 0.357. The van der Waals surface area contributed by atoms with Gasteiger partial charge in [0.2, 0.25) is 0 Å². The van der Waals surface area contributed by atoms with Crippen molar-refractivity contribution < 1.29 is 9.53 Å². The number of nitrogen functional groups attached to an aromatic ring is 1. The van der Waals surface area contributed by atoms with Crippen molar-refractivity contribution in [3.05, 3.63) is 24.5 Å². The molecule has 2 aromatic heterocycles. The molecule has 0 bridgehead atoms. The van der Waals surface area contributed by atoms with E-state index in [1.807, 2.05) is 12.1 Å². The second kappa shape index (κ2) is 5.69. The molecule has 0 amide bonds. The van der Waals surface area contributed by atoms with Crippen molar-refractivity contribution in [2.24, 2.45) is 5.92 Å². The Morgan fingerprint density at radius 3 is 2.95 bits per heavy atom. The lowest BCUT2D eigenvalue weighted by Crippen LogP contribution is -2.23. The minimum atomic E-state index is -0.152. The van der Waals surface area contributed by atoms with Crippen LogP contribution in [-0.4, -0.2) is 35.5 Å². The van der Waals surface area contributed by atoms with E-state index in [9.17, 15) is 4.79 Å². The van der Waals surface area contributed by atoms with E-state index in [1.54, 1.807) is 12.4 Å². The van der Waals surface area contributed by atoms with E-state index in [0.717, 1.165) is 29.1 Å². The van der Waals surface area contributed by atoms with Gasteiger partial charge in [0, 0.05) is 25.5 Å². The summed E-state index contributed by atoms with van der Waals surface area (Å²) in [4.78, 5) is 17.8. The molecule has 2 N–H and O–H groups in total. The van der Waals surface area contributed by atoms with Crippen LogP contribution >= 0.6 is 11.5 Å². The maximum Gasteiger partial charge on any atom is 0.310 e. The third-order valence-corrected chi connectivity index (χ3v) is 4.60. The Hall–Kier alpha value is -2.15. The van der Waals surface area contributed by atoms with Gasteiger partial charge in [0.1, 0.15) is 10.8 Å². The molecule has 0 aromatic carbocycles. The minimum Gasteiger partial charge on any atom is -0.469 e. The molecule has 1 saturated heterocycles. The zero-order valence-corrected chi connectivity index (χ0v) is 12.5. The van der Waals surface area contributed by atoms with Gasteiger partial charge in [0.15, 0.2) is 0 Å². The highest BCUT2D eigenvalue weighted by molar-refractivity contribution is 7.11. The minimum absolute atomic E-state index is 0.0800. The first-order valence-electron chi connectivity index (χ1n) is 6.69. The first-order valence-corrected chi connectivity index (χ1v) is 7.46. The van der Waals surface area contributed by atoms with E-state index in [-0.39, 0.29) is 11.9 Å². The SMILES string of the molecule is COC(=O)C1CCN(c2snc(N)c2-c2ccncc2)C1. The summed E-state index contributed by atoms with van der Waals surface area (Å²) in [7, 11) is 1.43. The van der Waals surface area contributed by atoms with Gasteiger partial charge < -0.3 is 15.4 Å². The summed E-state index contributed by atoms with van der Waals surface area (Å²) in [6.07, 6.45) is 4.26. The molecule has 1 unspecified atom stereocenters. The van der Waals surface area contributed by atoms with Crippen LogP contribution in [0.3, 0.4) is 0 Å². The summed E-state index contributed by atoms with van der Waals surface area (Å²) in [5.74, 6) is 0.284. The van der Waals surface area contributed by atoms with Gasteiger partial charge in [0.05, 0.1) is 18.6 Å². The van der Waals surface area contributed by atoms with Gasteiger partial charge in [-0.2, -0.15) is 4.37 Å². The molecular formula is C14H16N4O2S. The van der Waals surface area contributed by atoms with Crippen LogP contribution < -0.4 is 10.6 Å². The zero-order chi connectivity index (χ0) is 14.8. The number of esters is 1. The van der Waals surface area contributed by atoms with Crippen LogP contribution in [-0.2, 0) is 9.53 Å². The average Bonchev–Trinajstić information content (AvgIpc) is 3.14. The Kier molecular flexibility index (Phi) is 3.74. The number of anilines is 2. The molecule has 1 fully saturated rings. The summed E-state index contributed by atoms with van der Waals surface area (Å²) < 4.78 is 9.10. The number of rotatable bonds is 3. The van der Waals surface area contributed by atoms with Gasteiger partial charge in [0.25, 0.3) is 0 Å². The molecule has 1 atom stereocenters. The molecule has 2 aromatic rings. The number of methoxy groups -OCH3 is 1. The maximum atomic E-state index is 11.7. The van der Waals surface area contributed by atoms with Crippen LogP contribution in [0.4, 0.5) is 10.8 Å². The molecule has 110 valence electrons. The lowest BCUT2D eigenvalue weighted by molar-refractivity contribution is -0.144. The molecular weight excluding hydrogens is 288 g/mol. The van der Waals surface area contributed by atoms with E-state index >= 15 is 0 Å². The number of nitrogens with zero attached hydrogens (tertiary/aromatic N) is 3. The van der Waals surface area contributed by atoms with E-state index < -0.39 is 0 Å². The predicted octanol–water partition coefficient (Wildman–Crippen LogP) is 1.79. The highest BCUT2D eigenvalue weighted by Gasteiger charge is 2.31. The Labute approximate surface area is 126 Å². The number of pyridine rings is 1. The highest BCUT2D eigenvalue weighted by atomic mass is 32.1. The lowest BCUT2D eigenvalue weighted by atomic mass is 10.1. The van der Waals surface area contributed by atoms with Gasteiger partial charge >= 0.3 is 5.97 Å². The molecule has 21 heavy (non-hydrogen) atoms. The van der Waals surface area contributed by atoms with Crippen molar-refractivity contribution in [2.75, 3.05) is 30.8 Å². The van der Waals surface area contributed by atoms with Gasteiger partial charge in [-0.1, -0.05) is 0 Å². The van der Waals surface area contributed by atoms with Crippen molar-refractivity contribution in [3.63, 3.8) is 0 Å². The average molecular weight is 304 g/mol. The van der Waals surface area contributed by atoms with Crippen LogP contribution in [0.5, 0.6) is 0 Å². The number of carbonyl (C=O) groups is 1. The summed E-state index contributed by atoms with van der Waals surface area (Å²) in [5, 5.41) is 1.00. The molecule has 3 rings (SSSR count). The number of aromatic nitrogens is 2. The van der Waals surface area contributed by atoms with Crippen LogP contribution in [0.1, 0.15) is 6.42 Å². The van der Waals surface area contributed by atoms with Crippen molar-refractivity contribution >= 4 is 28.3 Å². The quantitative estimate of drug-likeness (QED) is 0.871. The van der Waals surface area contributed by atoms with Crippen LogP contribution in [0.15, 0.2) is 24.5 Å². The fourth-order valence-corrected chi connectivity index (χ4v) is 3.47. The Bertz CT molecular complexity index is 644. The Morgan fingerprint density at radius 2 is 2.24 bits per heavy atom. The first-order chi connectivity index (χ1) is 10.2. The molecule has 0 spiro atoms. The van der Waals surface area contributed by atoms with Crippen LogP contribution in [0, 0.1) is 5.92 Å². The molecule has 1 aliphatic rings. The number of carbonyl (C=O) groups excluding carboxylic acids is 1. The topological polar surface area (TPSA) is 81.3 Å². The van der Waals surface area contributed by atoms with Crippen molar-refractivity contribution in [3.8, 4) is 11.1 Å².